The van der Waals surface area contributed by atoms with Crippen LogP contribution in [-0.2, 0) is 11.3 Å². The Bertz CT molecular complexity index is 969. The second-order valence-corrected chi connectivity index (χ2v) is 7.24. The summed E-state index contributed by atoms with van der Waals surface area (Å²) < 4.78 is 5.82. The zero-order valence-electron chi connectivity index (χ0n) is 16.3. The van der Waals surface area contributed by atoms with Crippen LogP contribution in [0, 0.1) is 0 Å². The lowest BCUT2D eigenvalue weighted by Gasteiger charge is -2.34. The molecule has 0 saturated carbocycles. The number of nitrogens with two attached hydrogens (primary N) is 1. The van der Waals surface area contributed by atoms with E-state index in [0.29, 0.717) is 5.76 Å². The number of carbonyl (C=O) groups excluding carboxylic acids is 1. The van der Waals surface area contributed by atoms with Crippen LogP contribution < -0.4 is 5.73 Å². The Hall–Kier alpha value is -3.31. The van der Waals surface area contributed by atoms with Crippen molar-refractivity contribution in [3.63, 3.8) is 0 Å². The molecule has 0 unspecified atom stereocenters. The number of benzene rings is 2. The van der Waals surface area contributed by atoms with Crippen LogP contribution in [0.4, 0.5) is 5.69 Å². The molecule has 0 radical (unpaired) electrons. The Morgan fingerprint density at radius 1 is 0.931 bits per heavy atom. The second-order valence-electron chi connectivity index (χ2n) is 7.24. The average molecular weight is 387 g/mol. The summed E-state index contributed by atoms with van der Waals surface area (Å²) in [5.74, 6) is 1.44. The highest BCUT2D eigenvalue weighted by atomic mass is 16.3. The van der Waals surface area contributed by atoms with Crippen LogP contribution in [0.3, 0.4) is 0 Å². The number of amides is 1. The third-order valence-electron chi connectivity index (χ3n) is 5.15. The van der Waals surface area contributed by atoms with Crippen molar-refractivity contribution >= 4 is 17.7 Å². The van der Waals surface area contributed by atoms with Gasteiger partial charge >= 0.3 is 0 Å². The molecule has 29 heavy (non-hydrogen) atoms. The number of nitrogens with zero attached hydrogens (tertiary/aromatic N) is 2. The molecular weight excluding hydrogens is 362 g/mol. The highest BCUT2D eigenvalue weighted by molar-refractivity contribution is 5.91. The van der Waals surface area contributed by atoms with Gasteiger partial charge in [0.15, 0.2) is 0 Å². The molecule has 0 bridgehead atoms. The molecule has 2 heterocycles. The number of anilines is 1. The van der Waals surface area contributed by atoms with E-state index in [-0.39, 0.29) is 5.91 Å². The monoisotopic (exact) mass is 387 g/mol. The lowest BCUT2D eigenvalue weighted by atomic mass is 10.1. The molecule has 1 aliphatic rings. The van der Waals surface area contributed by atoms with Gasteiger partial charge in [-0.1, -0.05) is 30.3 Å². The summed E-state index contributed by atoms with van der Waals surface area (Å²) in [7, 11) is 0. The molecule has 1 aliphatic heterocycles. The predicted octanol–water partition coefficient (Wildman–Crippen LogP) is 3.89. The number of carbonyl (C=O) groups is 1. The molecule has 0 aliphatic carbocycles. The van der Waals surface area contributed by atoms with Crippen molar-refractivity contribution in [3.05, 3.63) is 84.1 Å². The van der Waals surface area contributed by atoms with E-state index in [4.69, 9.17) is 10.2 Å². The maximum atomic E-state index is 12.5. The fourth-order valence-electron chi connectivity index (χ4n) is 3.47. The van der Waals surface area contributed by atoms with E-state index in [0.717, 1.165) is 49.7 Å². The molecule has 1 fully saturated rings. The zero-order valence-corrected chi connectivity index (χ0v) is 16.3. The summed E-state index contributed by atoms with van der Waals surface area (Å²) in [6, 6.07) is 21.7. The normalized spacial score (nSPS) is 15.1. The zero-order chi connectivity index (χ0) is 20.1. The predicted molar refractivity (Wildman–Crippen MR) is 116 cm³/mol. The second kappa shape index (κ2) is 8.80. The molecular formula is C24H25N3O2. The Morgan fingerprint density at radius 3 is 2.38 bits per heavy atom. The van der Waals surface area contributed by atoms with E-state index in [1.165, 1.54) is 5.56 Å². The van der Waals surface area contributed by atoms with Crippen LogP contribution in [0.25, 0.3) is 17.4 Å². The maximum absolute atomic E-state index is 12.5. The van der Waals surface area contributed by atoms with Gasteiger partial charge in [-0.05, 0) is 48.0 Å². The average Bonchev–Trinajstić information content (AvgIpc) is 3.23. The van der Waals surface area contributed by atoms with Gasteiger partial charge in [0.1, 0.15) is 11.5 Å². The Balaban J connectivity index is 1.30. The number of rotatable bonds is 5. The number of furan rings is 1. The summed E-state index contributed by atoms with van der Waals surface area (Å²) >= 11 is 0. The molecule has 3 aromatic rings. The first-order chi connectivity index (χ1) is 14.2. The molecule has 2 N–H and O–H groups in total. The fourth-order valence-corrected chi connectivity index (χ4v) is 3.47. The van der Waals surface area contributed by atoms with Gasteiger partial charge in [-0.3, -0.25) is 9.69 Å². The lowest BCUT2D eigenvalue weighted by Crippen LogP contribution is -2.47. The summed E-state index contributed by atoms with van der Waals surface area (Å²) in [4.78, 5) is 16.8. The van der Waals surface area contributed by atoms with Gasteiger partial charge in [0.05, 0.1) is 0 Å². The standard InChI is InChI=1S/C24H25N3O2/c25-21-8-6-20(7-9-21)23-12-10-22(29-23)11-13-24(28)27-16-14-26(15-17-27)18-19-4-2-1-3-5-19/h1-13H,14-18,25H2/b13-11+. The molecule has 1 aromatic heterocycles. The summed E-state index contributed by atoms with van der Waals surface area (Å²) in [5.41, 5.74) is 8.70. The molecule has 4 rings (SSSR count). The molecule has 1 amide bonds. The number of hydrogen-bond donors (Lipinski definition) is 1. The van der Waals surface area contributed by atoms with E-state index in [1.807, 2.05) is 47.4 Å². The molecule has 1 saturated heterocycles. The van der Waals surface area contributed by atoms with E-state index < -0.39 is 0 Å². The van der Waals surface area contributed by atoms with Crippen molar-refractivity contribution in [2.75, 3.05) is 31.9 Å². The van der Waals surface area contributed by atoms with Crippen molar-refractivity contribution in [2.24, 2.45) is 0 Å². The third kappa shape index (κ3) is 4.95. The first kappa shape index (κ1) is 19.0. The molecule has 0 atom stereocenters. The number of hydrogen-bond acceptors (Lipinski definition) is 4. The number of piperazine rings is 1. The van der Waals surface area contributed by atoms with Crippen molar-refractivity contribution in [1.29, 1.82) is 0 Å². The van der Waals surface area contributed by atoms with Crippen molar-refractivity contribution in [1.82, 2.24) is 9.80 Å². The van der Waals surface area contributed by atoms with Crippen LogP contribution in [0.5, 0.6) is 0 Å². The maximum Gasteiger partial charge on any atom is 0.246 e. The Labute approximate surface area is 171 Å². The highest BCUT2D eigenvalue weighted by Gasteiger charge is 2.19. The SMILES string of the molecule is Nc1ccc(-c2ccc(/C=C/C(=O)N3CCN(Cc4ccccc4)CC3)o2)cc1. The minimum Gasteiger partial charge on any atom is -0.457 e. The van der Waals surface area contributed by atoms with Crippen LogP contribution in [-0.4, -0.2) is 41.9 Å². The van der Waals surface area contributed by atoms with Crippen molar-refractivity contribution < 1.29 is 9.21 Å². The molecule has 5 heteroatoms. The van der Waals surface area contributed by atoms with Crippen LogP contribution in [0.1, 0.15) is 11.3 Å². The van der Waals surface area contributed by atoms with Crippen LogP contribution >= 0.6 is 0 Å². The van der Waals surface area contributed by atoms with E-state index >= 15 is 0 Å². The van der Waals surface area contributed by atoms with Gasteiger partial charge in [0.2, 0.25) is 5.91 Å². The topological polar surface area (TPSA) is 62.7 Å². The van der Waals surface area contributed by atoms with Crippen LogP contribution in [0.2, 0.25) is 0 Å². The molecule has 148 valence electrons. The summed E-state index contributed by atoms with van der Waals surface area (Å²) in [6.45, 7) is 4.18. The Kier molecular flexibility index (Phi) is 5.77. The summed E-state index contributed by atoms with van der Waals surface area (Å²) in [6.07, 6.45) is 3.33. The minimum atomic E-state index is 0.0230. The highest BCUT2D eigenvalue weighted by Crippen LogP contribution is 2.23. The number of nitrogen functional groups attached to an aromatic ring is 1. The van der Waals surface area contributed by atoms with E-state index in [9.17, 15) is 4.79 Å². The van der Waals surface area contributed by atoms with Gasteiger partial charge in [-0.25, -0.2) is 0 Å². The third-order valence-corrected chi connectivity index (χ3v) is 5.15. The van der Waals surface area contributed by atoms with E-state index in [1.54, 1.807) is 12.2 Å². The quantitative estimate of drug-likeness (QED) is 0.533. The van der Waals surface area contributed by atoms with Gasteiger partial charge in [-0.2, -0.15) is 0 Å². The largest absolute Gasteiger partial charge is 0.457 e. The first-order valence-corrected chi connectivity index (χ1v) is 9.86. The smallest absolute Gasteiger partial charge is 0.246 e. The van der Waals surface area contributed by atoms with Crippen molar-refractivity contribution in [3.8, 4) is 11.3 Å². The van der Waals surface area contributed by atoms with Crippen molar-refractivity contribution in [2.45, 2.75) is 6.54 Å². The minimum absolute atomic E-state index is 0.0230. The molecule has 0 spiro atoms. The van der Waals surface area contributed by atoms with Crippen LogP contribution in [0.15, 0.2) is 77.2 Å². The first-order valence-electron chi connectivity index (χ1n) is 9.86. The fraction of sp³-hybridized carbons (Fsp3) is 0.208. The summed E-state index contributed by atoms with van der Waals surface area (Å²) in [5, 5.41) is 0. The Morgan fingerprint density at radius 2 is 1.66 bits per heavy atom. The van der Waals surface area contributed by atoms with Gasteiger partial charge in [-0.15, -0.1) is 0 Å². The molecule has 5 nitrogen and oxygen atoms in total. The lowest BCUT2D eigenvalue weighted by molar-refractivity contribution is -0.127. The molecule has 2 aromatic carbocycles. The van der Waals surface area contributed by atoms with Gasteiger partial charge < -0.3 is 15.1 Å². The van der Waals surface area contributed by atoms with Gasteiger partial charge in [0, 0.05) is 50.1 Å². The van der Waals surface area contributed by atoms with Gasteiger partial charge in [0.25, 0.3) is 0 Å². The van der Waals surface area contributed by atoms with E-state index in [2.05, 4.69) is 29.2 Å².